The van der Waals surface area contributed by atoms with Gasteiger partial charge in [0.1, 0.15) is 0 Å². The van der Waals surface area contributed by atoms with Crippen LogP contribution in [0.2, 0.25) is 5.02 Å². The van der Waals surface area contributed by atoms with Crippen molar-refractivity contribution in [3.63, 3.8) is 0 Å². The minimum atomic E-state index is -4.78. The Kier molecular flexibility index (Phi) is 7.17. The highest BCUT2D eigenvalue weighted by Gasteiger charge is 2.37. The van der Waals surface area contributed by atoms with Crippen LogP contribution in [0.25, 0.3) is 0 Å². The standard InChI is InChI=1S/C19H23ClF3N3O4S/c20-16-4-3-14(11-15(16)19(21,22)23)31(29,30)26-9-5-13(6-10-26)18(28)24-12-17(27)25-7-1-2-8-25/h3-4,11,13H,1-2,5-10,12H2,(H,24,28). The molecule has 2 fully saturated rings. The molecule has 0 spiro atoms. The number of alkyl halides is 3. The number of sulfonamides is 1. The molecule has 0 aliphatic carbocycles. The number of nitrogens with zero attached hydrogens (tertiary/aromatic N) is 2. The van der Waals surface area contributed by atoms with Crippen molar-refractivity contribution in [2.24, 2.45) is 5.92 Å². The van der Waals surface area contributed by atoms with Crippen molar-refractivity contribution in [1.82, 2.24) is 14.5 Å². The maximum atomic E-state index is 13.1. The van der Waals surface area contributed by atoms with Crippen LogP contribution in [0.4, 0.5) is 13.2 Å². The molecule has 0 unspecified atom stereocenters. The first-order valence-electron chi connectivity index (χ1n) is 9.92. The first kappa shape index (κ1) is 23.8. The summed E-state index contributed by atoms with van der Waals surface area (Å²) in [6.07, 6.45) is -2.46. The molecule has 2 heterocycles. The van der Waals surface area contributed by atoms with Gasteiger partial charge in [0, 0.05) is 32.1 Å². The van der Waals surface area contributed by atoms with Crippen molar-refractivity contribution < 1.29 is 31.2 Å². The average molecular weight is 482 g/mol. The van der Waals surface area contributed by atoms with Crippen molar-refractivity contribution in [1.29, 1.82) is 0 Å². The highest BCUT2D eigenvalue weighted by atomic mass is 35.5. The van der Waals surface area contributed by atoms with E-state index in [-0.39, 0.29) is 44.3 Å². The molecule has 2 amide bonds. The minimum Gasteiger partial charge on any atom is -0.347 e. The van der Waals surface area contributed by atoms with E-state index in [2.05, 4.69) is 5.32 Å². The lowest BCUT2D eigenvalue weighted by Crippen LogP contribution is -2.45. The maximum Gasteiger partial charge on any atom is 0.417 e. The number of piperidine rings is 1. The molecule has 2 saturated heterocycles. The quantitative estimate of drug-likeness (QED) is 0.700. The Bertz CT molecular complexity index is 941. The first-order valence-corrected chi connectivity index (χ1v) is 11.7. The Morgan fingerprint density at radius 1 is 1.10 bits per heavy atom. The zero-order valence-electron chi connectivity index (χ0n) is 16.6. The smallest absolute Gasteiger partial charge is 0.347 e. The molecule has 1 aromatic rings. The van der Waals surface area contributed by atoms with Crippen LogP contribution < -0.4 is 5.32 Å². The first-order chi connectivity index (χ1) is 14.5. The fraction of sp³-hybridized carbons (Fsp3) is 0.579. The van der Waals surface area contributed by atoms with E-state index in [0.717, 1.165) is 29.3 Å². The van der Waals surface area contributed by atoms with Crippen LogP contribution >= 0.6 is 11.6 Å². The van der Waals surface area contributed by atoms with Crippen LogP contribution in [0.1, 0.15) is 31.2 Å². The number of likely N-dealkylation sites (tertiary alicyclic amines) is 1. The van der Waals surface area contributed by atoms with Crippen LogP contribution in [0.5, 0.6) is 0 Å². The highest BCUT2D eigenvalue weighted by molar-refractivity contribution is 7.89. The van der Waals surface area contributed by atoms with Crippen LogP contribution in [-0.2, 0) is 25.8 Å². The summed E-state index contributed by atoms with van der Waals surface area (Å²) in [6.45, 7) is 1.26. The molecule has 12 heteroatoms. The summed E-state index contributed by atoms with van der Waals surface area (Å²) in [7, 11) is -4.17. The Morgan fingerprint density at radius 3 is 2.29 bits per heavy atom. The van der Waals surface area contributed by atoms with Gasteiger partial charge in [-0.1, -0.05) is 11.6 Å². The van der Waals surface area contributed by atoms with Crippen molar-refractivity contribution in [3.05, 3.63) is 28.8 Å². The van der Waals surface area contributed by atoms with Gasteiger partial charge in [-0.25, -0.2) is 8.42 Å². The second kappa shape index (κ2) is 9.33. The lowest BCUT2D eigenvalue weighted by atomic mass is 9.97. The number of rotatable bonds is 5. The molecular weight excluding hydrogens is 459 g/mol. The molecule has 31 heavy (non-hydrogen) atoms. The molecule has 7 nitrogen and oxygen atoms in total. The van der Waals surface area contributed by atoms with Gasteiger partial charge in [-0.05, 0) is 43.9 Å². The zero-order valence-corrected chi connectivity index (χ0v) is 18.2. The van der Waals surface area contributed by atoms with Crippen LogP contribution in [-0.4, -0.2) is 62.2 Å². The molecule has 3 rings (SSSR count). The molecule has 172 valence electrons. The van der Waals surface area contributed by atoms with Gasteiger partial charge in [-0.3, -0.25) is 9.59 Å². The van der Waals surface area contributed by atoms with E-state index < -0.39 is 37.6 Å². The molecule has 0 aromatic heterocycles. The number of carbonyl (C=O) groups is 2. The average Bonchev–Trinajstić information content (AvgIpc) is 3.26. The molecule has 2 aliphatic rings. The number of hydrogen-bond donors (Lipinski definition) is 1. The molecule has 1 N–H and O–H groups in total. The fourth-order valence-electron chi connectivity index (χ4n) is 3.77. The van der Waals surface area contributed by atoms with Gasteiger partial charge in [-0.15, -0.1) is 0 Å². The van der Waals surface area contributed by atoms with Crippen molar-refractivity contribution >= 4 is 33.4 Å². The third-order valence-electron chi connectivity index (χ3n) is 5.58. The van der Waals surface area contributed by atoms with Crippen molar-refractivity contribution in [2.75, 3.05) is 32.7 Å². The van der Waals surface area contributed by atoms with E-state index in [1.807, 2.05) is 0 Å². The number of carbonyl (C=O) groups excluding carboxylic acids is 2. The van der Waals surface area contributed by atoms with Gasteiger partial charge in [-0.2, -0.15) is 17.5 Å². The van der Waals surface area contributed by atoms with Gasteiger partial charge in [0.05, 0.1) is 22.0 Å². The molecular formula is C19H23ClF3N3O4S. The second-order valence-corrected chi connectivity index (χ2v) is 9.97. The Balaban J connectivity index is 1.58. The summed E-state index contributed by atoms with van der Waals surface area (Å²) in [4.78, 5) is 25.6. The SMILES string of the molecule is O=C(NCC(=O)N1CCCC1)C1CCN(S(=O)(=O)c2ccc(Cl)c(C(F)(F)F)c2)CC1. The summed E-state index contributed by atoms with van der Waals surface area (Å²) in [5, 5.41) is 2.03. The number of halogens is 4. The number of benzene rings is 1. The van der Waals surface area contributed by atoms with E-state index in [4.69, 9.17) is 11.6 Å². The van der Waals surface area contributed by atoms with Crippen LogP contribution in [0, 0.1) is 5.92 Å². The Morgan fingerprint density at radius 2 is 1.71 bits per heavy atom. The molecule has 0 radical (unpaired) electrons. The van der Waals surface area contributed by atoms with Crippen molar-refractivity contribution in [3.8, 4) is 0 Å². The third kappa shape index (κ3) is 5.50. The third-order valence-corrected chi connectivity index (χ3v) is 7.80. The van der Waals surface area contributed by atoms with E-state index in [1.165, 1.54) is 0 Å². The summed E-state index contributed by atoms with van der Waals surface area (Å²) < 4.78 is 65.8. The summed E-state index contributed by atoms with van der Waals surface area (Å²) in [5.41, 5.74) is -1.22. The van der Waals surface area contributed by atoms with E-state index in [0.29, 0.717) is 19.2 Å². The van der Waals surface area contributed by atoms with E-state index >= 15 is 0 Å². The van der Waals surface area contributed by atoms with Gasteiger partial charge in [0.15, 0.2) is 0 Å². The lowest BCUT2D eigenvalue weighted by molar-refractivity contribution is -0.137. The van der Waals surface area contributed by atoms with E-state index in [1.54, 1.807) is 4.90 Å². The molecule has 0 atom stereocenters. The highest BCUT2D eigenvalue weighted by Crippen LogP contribution is 2.36. The van der Waals surface area contributed by atoms with Crippen LogP contribution in [0.3, 0.4) is 0 Å². The summed E-state index contributed by atoms with van der Waals surface area (Å²) in [5.74, 6) is -0.932. The maximum absolute atomic E-state index is 13.1. The van der Waals surface area contributed by atoms with Gasteiger partial charge < -0.3 is 10.2 Å². The summed E-state index contributed by atoms with van der Waals surface area (Å²) >= 11 is 5.56. The largest absolute Gasteiger partial charge is 0.417 e. The minimum absolute atomic E-state index is 0.00946. The topological polar surface area (TPSA) is 86.8 Å². The molecule has 0 saturated carbocycles. The Hall–Kier alpha value is -1.85. The predicted molar refractivity (Wildman–Crippen MR) is 107 cm³/mol. The normalized spacial score (nSPS) is 18.9. The number of hydrogen-bond acceptors (Lipinski definition) is 4. The molecule has 2 aliphatic heterocycles. The number of amides is 2. The number of nitrogens with one attached hydrogen (secondary N) is 1. The van der Waals surface area contributed by atoms with Crippen molar-refractivity contribution in [2.45, 2.75) is 36.8 Å². The molecule has 0 bridgehead atoms. The van der Waals surface area contributed by atoms with Crippen LogP contribution in [0.15, 0.2) is 23.1 Å². The predicted octanol–water partition coefficient (Wildman–Crippen LogP) is 2.50. The Labute approximate surface area is 183 Å². The zero-order chi connectivity index (χ0) is 22.8. The van der Waals surface area contributed by atoms with Gasteiger partial charge in [0.2, 0.25) is 21.8 Å². The molecule has 1 aromatic carbocycles. The fourth-order valence-corrected chi connectivity index (χ4v) is 5.50. The monoisotopic (exact) mass is 481 g/mol. The van der Waals surface area contributed by atoms with E-state index in [9.17, 15) is 31.2 Å². The lowest BCUT2D eigenvalue weighted by Gasteiger charge is -2.30. The summed E-state index contributed by atoms with van der Waals surface area (Å²) in [6, 6.07) is 2.48. The second-order valence-electron chi connectivity index (χ2n) is 7.62. The van der Waals surface area contributed by atoms with Gasteiger partial charge in [0.25, 0.3) is 0 Å². The van der Waals surface area contributed by atoms with Gasteiger partial charge >= 0.3 is 6.18 Å².